The van der Waals surface area contributed by atoms with Crippen LogP contribution >= 0.6 is 23.2 Å². The normalized spacial score (nSPS) is 26.1. The molecule has 5 heteroatoms. The molecule has 25 heavy (non-hydrogen) atoms. The molecular formula is C20H19Cl2NO2. The molecule has 1 aliphatic rings. The molecule has 1 heterocycles. The number of carbonyl (C=O) groups excluding carboxylic acids is 1. The molecule has 0 aliphatic carbocycles. The van der Waals surface area contributed by atoms with Crippen LogP contribution < -0.4 is 5.73 Å². The van der Waals surface area contributed by atoms with Crippen molar-refractivity contribution in [3.05, 3.63) is 82.4 Å². The van der Waals surface area contributed by atoms with Gasteiger partial charge in [-0.3, -0.25) is 4.79 Å². The highest BCUT2D eigenvalue weighted by atomic mass is 35.5. The van der Waals surface area contributed by atoms with Gasteiger partial charge in [0, 0.05) is 16.0 Å². The van der Waals surface area contributed by atoms with Gasteiger partial charge >= 0.3 is 5.97 Å². The third-order valence-corrected chi connectivity index (χ3v) is 5.06. The molecule has 0 spiro atoms. The zero-order valence-electron chi connectivity index (χ0n) is 13.6. The zero-order valence-corrected chi connectivity index (χ0v) is 15.1. The second kappa shape index (κ2) is 7.20. The molecule has 1 aliphatic heterocycles. The molecule has 0 radical (unpaired) electrons. The Hall–Kier alpha value is -1.81. The van der Waals surface area contributed by atoms with Crippen molar-refractivity contribution in [2.45, 2.75) is 30.4 Å². The molecule has 3 atom stereocenters. The molecule has 3 rings (SSSR count). The van der Waals surface area contributed by atoms with Gasteiger partial charge in [0.25, 0.3) is 0 Å². The third kappa shape index (κ3) is 3.74. The van der Waals surface area contributed by atoms with E-state index in [1.807, 2.05) is 36.4 Å². The van der Waals surface area contributed by atoms with Gasteiger partial charge in [-0.15, -0.1) is 6.58 Å². The van der Waals surface area contributed by atoms with Gasteiger partial charge in [0.15, 0.2) is 0 Å². The second-order valence-electron chi connectivity index (χ2n) is 6.39. The van der Waals surface area contributed by atoms with E-state index in [4.69, 9.17) is 33.7 Å². The predicted octanol–water partition coefficient (Wildman–Crippen LogP) is 5.04. The van der Waals surface area contributed by atoms with Gasteiger partial charge in [0.1, 0.15) is 11.6 Å². The first-order chi connectivity index (χ1) is 11.9. The first-order valence-corrected chi connectivity index (χ1v) is 8.80. The molecule has 0 bridgehead atoms. The number of rotatable bonds is 4. The highest BCUT2D eigenvalue weighted by Gasteiger charge is 2.47. The summed E-state index contributed by atoms with van der Waals surface area (Å²) in [6.45, 7) is 3.71. The number of hydrogen-bond donors (Lipinski definition) is 1. The van der Waals surface area contributed by atoms with Gasteiger partial charge in [-0.2, -0.15) is 0 Å². The van der Waals surface area contributed by atoms with Crippen molar-refractivity contribution < 1.29 is 9.53 Å². The number of nitrogens with two attached hydrogens (primary N) is 1. The molecular weight excluding hydrogens is 357 g/mol. The lowest BCUT2D eigenvalue weighted by molar-refractivity contribution is -0.165. The van der Waals surface area contributed by atoms with Gasteiger partial charge < -0.3 is 10.5 Å². The van der Waals surface area contributed by atoms with Crippen molar-refractivity contribution in [2.75, 3.05) is 0 Å². The number of halogens is 2. The predicted molar refractivity (Wildman–Crippen MR) is 101 cm³/mol. The number of carbonyl (C=O) groups is 1. The molecule has 0 amide bonds. The van der Waals surface area contributed by atoms with E-state index < -0.39 is 17.6 Å². The summed E-state index contributed by atoms with van der Waals surface area (Å²) in [5.41, 5.74) is 7.12. The van der Waals surface area contributed by atoms with Crippen LogP contribution in [0.15, 0.2) is 61.2 Å². The minimum Gasteiger partial charge on any atom is -0.455 e. The summed E-state index contributed by atoms with van der Waals surface area (Å²) < 4.78 is 5.79. The van der Waals surface area contributed by atoms with Crippen LogP contribution in [0.5, 0.6) is 0 Å². The summed E-state index contributed by atoms with van der Waals surface area (Å²) in [7, 11) is 0. The van der Waals surface area contributed by atoms with Crippen LogP contribution in [0, 0.1) is 0 Å². The lowest BCUT2D eigenvalue weighted by Gasteiger charge is -2.41. The number of esters is 1. The quantitative estimate of drug-likeness (QED) is 0.601. The molecule has 2 aromatic carbocycles. The van der Waals surface area contributed by atoms with Gasteiger partial charge in [-0.05, 0) is 48.2 Å². The lowest BCUT2D eigenvalue weighted by atomic mass is 9.75. The summed E-state index contributed by atoms with van der Waals surface area (Å²) in [5.74, 6) is -0.520. The fourth-order valence-corrected chi connectivity index (χ4v) is 3.63. The van der Waals surface area contributed by atoms with Gasteiger partial charge in [0.05, 0.1) is 0 Å². The molecule has 1 unspecified atom stereocenters. The fraction of sp³-hybridized carbons (Fsp3) is 0.250. The van der Waals surface area contributed by atoms with Crippen LogP contribution in [0.2, 0.25) is 10.0 Å². The van der Waals surface area contributed by atoms with Crippen LogP contribution in [-0.2, 0) is 9.53 Å². The molecule has 0 aromatic heterocycles. The summed E-state index contributed by atoms with van der Waals surface area (Å²) in [5, 5.41) is 1.26. The largest absolute Gasteiger partial charge is 0.455 e. The van der Waals surface area contributed by atoms with Crippen molar-refractivity contribution in [3.8, 4) is 0 Å². The Morgan fingerprint density at radius 1 is 1.16 bits per heavy atom. The van der Waals surface area contributed by atoms with Crippen molar-refractivity contribution in [1.82, 2.24) is 0 Å². The molecule has 2 aromatic rings. The summed E-state index contributed by atoms with van der Waals surface area (Å²) in [6.07, 6.45) is 2.02. The van der Waals surface area contributed by atoms with E-state index >= 15 is 0 Å². The molecule has 0 saturated carbocycles. The van der Waals surface area contributed by atoms with E-state index in [9.17, 15) is 4.79 Å². The van der Waals surface area contributed by atoms with Crippen LogP contribution in [0.1, 0.15) is 36.0 Å². The smallest absolute Gasteiger partial charge is 0.327 e. The van der Waals surface area contributed by atoms with Crippen molar-refractivity contribution >= 4 is 29.2 Å². The molecule has 2 N–H and O–H groups in total. The number of benzene rings is 2. The van der Waals surface area contributed by atoms with Gasteiger partial charge in [-0.1, -0.05) is 53.5 Å². The first-order valence-electron chi connectivity index (χ1n) is 8.05. The van der Waals surface area contributed by atoms with E-state index in [1.165, 1.54) is 0 Å². The Labute approximate surface area is 157 Å². The Morgan fingerprint density at radius 2 is 1.88 bits per heavy atom. The van der Waals surface area contributed by atoms with Crippen LogP contribution in [0.4, 0.5) is 0 Å². The average Bonchev–Trinajstić information content (AvgIpc) is 2.58. The van der Waals surface area contributed by atoms with E-state index in [2.05, 4.69) is 6.58 Å². The minimum absolute atomic E-state index is 0.109. The molecule has 3 nitrogen and oxygen atoms in total. The lowest BCUT2D eigenvalue weighted by Crippen LogP contribution is -2.54. The summed E-state index contributed by atoms with van der Waals surface area (Å²) in [4.78, 5) is 12.6. The number of ether oxygens (including phenoxy) is 1. The first kappa shape index (κ1) is 18.0. The standard InChI is InChI=1S/C20H19Cl2NO2/c1-2-10-20(23)12-17(14-4-3-5-16(22)11-14)18(25-19(20)24)13-6-8-15(21)9-7-13/h2-9,11,17-18H,1,10,12,23H2/t17?,18-,20+/m0/s1. The van der Waals surface area contributed by atoms with E-state index in [0.717, 1.165) is 11.1 Å². The Morgan fingerprint density at radius 3 is 2.52 bits per heavy atom. The Balaban J connectivity index is 2.03. The monoisotopic (exact) mass is 375 g/mol. The summed E-state index contributed by atoms with van der Waals surface area (Å²) in [6, 6.07) is 14.9. The van der Waals surface area contributed by atoms with Gasteiger partial charge in [-0.25, -0.2) is 0 Å². The minimum atomic E-state index is -1.09. The SMILES string of the molecule is C=CC[C@@]1(N)CC(c2cccc(Cl)c2)[C@H](c2ccc(Cl)cc2)OC1=O. The van der Waals surface area contributed by atoms with Gasteiger partial charge in [0.2, 0.25) is 0 Å². The summed E-state index contributed by atoms with van der Waals surface area (Å²) >= 11 is 12.2. The highest BCUT2D eigenvalue weighted by Crippen LogP contribution is 2.45. The van der Waals surface area contributed by atoms with E-state index in [-0.39, 0.29) is 5.92 Å². The third-order valence-electron chi connectivity index (χ3n) is 4.57. The van der Waals surface area contributed by atoms with E-state index in [0.29, 0.717) is 22.9 Å². The maximum absolute atomic E-state index is 12.6. The Bertz CT molecular complexity index is 791. The van der Waals surface area contributed by atoms with Crippen LogP contribution in [0.3, 0.4) is 0 Å². The van der Waals surface area contributed by atoms with Crippen LogP contribution in [0.25, 0.3) is 0 Å². The molecule has 130 valence electrons. The number of hydrogen-bond acceptors (Lipinski definition) is 3. The zero-order chi connectivity index (χ0) is 18.0. The second-order valence-corrected chi connectivity index (χ2v) is 7.26. The molecule has 1 saturated heterocycles. The topological polar surface area (TPSA) is 52.3 Å². The maximum Gasteiger partial charge on any atom is 0.327 e. The van der Waals surface area contributed by atoms with Crippen molar-refractivity contribution in [1.29, 1.82) is 0 Å². The average molecular weight is 376 g/mol. The van der Waals surface area contributed by atoms with E-state index in [1.54, 1.807) is 18.2 Å². The highest BCUT2D eigenvalue weighted by molar-refractivity contribution is 6.30. The van der Waals surface area contributed by atoms with Crippen molar-refractivity contribution in [3.63, 3.8) is 0 Å². The van der Waals surface area contributed by atoms with Crippen LogP contribution in [-0.4, -0.2) is 11.5 Å². The Kier molecular flexibility index (Phi) is 5.19. The number of cyclic esters (lactones) is 1. The molecule has 1 fully saturated rings. The fourth-order valence-electron chi connectivity index (χ4n) is 3.30. The van der Waals surface area contributed by atoms with Crippen molar-refractivity contribution in [2.24, 2.45) is 5.73 Å². The maximum atomic E-state index is 12.6.